The fourth-order valence-electron chi connectivity index (χ4n) is 6.77. The van der Waals surface area contributed by atoms with Gasteiger partial charge >= 0.3 is 0 Å². The van der Waals surface area contributed by atoms with Gasteiger partial charge in [-0.15, -0.1) is 0 Å². The molecule has 2 aromatic heterocycles. The van der Waals surface area contributed by atoms with Crippen LogP contribution in [0.5, 0.6) is 0 Å². The molecule has 39 heavy (non-hydrogen) atoms. The quantitative estimate of drug-likeness (QED) is 0.308. The number of hydrogen-bond acceptors (Lipinski definition) is 5. The van der Waals surface area contributed by atoms with Crippen molar-refractivity contribution in [3.8, 4) is 0 Å². The van der Waals surface area contributed by atoms with Crippen molar-refractivity contribution in [1.29, 1.82) is 0 Å². The van der Waals surface area contributed by atoms with Crippen LogP contribution in [0.1, 0.15) is 22.5 Å². The Morgan fingerprint density at radius 2 is 1.38 bits per heavy atom. The lowest BCUT2D eigenvalue weighted by atomic mass is 9.71. The number of carbonyl (C=O) groups excluding carboxylic acids is 2. The minimum absolute atomic E-state index is 0.264. The summed E-state index contributed by atoms with van der Waals surface area (Å²) in [7, 11) is 0. The molecule has 3 aliphatic rings. The average Bonchev–Trinajstić information content (AvgIpc) is 3.63. The predicted octanol–water partition coefficient (Wildman–Crippen LogP) is 4.29. The highest BCUT2D eigenvalue weighted by Crippen LogP contribution is 2.63. The number of nitrogens with zero attached hydrogens (tertiary/aromatic N) is 2. The summed E-state index contributed by atoms with van der Waals surface area (Å²) in [4.78, 5) is 35.7. The molecule has 2 amide bonds. The first-order chi connectivity index (χ1) is 19.1. The van der Waals surface area contributed by atoms with Gasteiger partial charge in [0.05, 0.1) is 23.2 Å². The molecular weight excluding hydrogens is 486 g/mol. The average molecular weight is 512 g/mol. The lowest BCUT2D eigenvalue weighted by Crippen LogP contribution is -2.38. The van der Waals surface area contributed by atoms with Gasteiger partial charge in [-0.3, -0.25) is 24.9 Å². The Labute approximate surface area is 225 Å². The van der Waals surface area contributed by atoms with Crippen LogP contribution in [-0.2, 0) is 15.2 Å². The molecule has 7 rings (SSSR count). The van der Waals surface area contributed by atoms with Crippen LogP contribution in [0.25, 0.3) is 5.57 Å². The number of aromatic nitrogens is 2. The van der Waals surface area contributed by atoms with E-state index < -0.39 is 23.4 Å². The summed E-state index contributed by atoms with van der Waals surface area (Å²) in [5.74, 6) is -2.62. The van der Waals surface area contributed by atoms with Gasteiger partial charge in [0.15, 0.2) is 5.60 Å². The standard InChI is InChI=1S/C33H25N3O3/c37-31-28-22-19-23(33(39,21-13-5-2-6-14-21)25-16-8-10-18-35-25)29(30(28)32(38)36-31)27(22)26(20-11-3-1-4-12-20)24-15-7-9-17-34-24/h1-19,22,28-30,39H,(H,36,37,38)/b27-26-/t22-,28+,29-,30-,33+/m1/s1. The molecule has 0 unspecified atom stereocenters. The third kappa shape index (κ3) is 3.45. The van der Waals surface area contributed by atoms with E-state index in [4.69, 9.17) is 4.98 Å². The molecule has 1 aliphatic heterocycles. The summed E-state index contributed by atoms with van der Waals surface area (Å²) in [6.07, 6.45) is 5.41. The number of allylic oxidation sites excluding steroid dienone is 2. The molecule has 0 spiro atoms. The molecule has 0 radical (unpaired) electrons. The molecule has 2 fully saturated rings. The van der Waals surface area contributed by atoms with Crippen molar-refractivity contribution in [2.24, 2.45) is 23.7 Å². The largest absolute Gasteiger partial charge is 0.375 e. The van der Waals surface area contributed by atoms with Gasteiger partial charge in [-0.2, -0.15) is 0 Å². The second kappa shape index (κ2) is 8.96. The van der Waals surface area contributed by atoms with Gasteiger partial charge in [0.2, 0.25) is 11.8 Å². The molecule has 2 N–H and O–H groups in total. The second-order valence-corrected chi connectivity index (χ2v) is 10.2. The molecule has 2 aromatic carbocycles. The molecule has 5 atom stereocenters. The molecule has 6 nitrogen and oxygen atoms in total. The zero-order valence-electron chi connectivity index (χ0n) is 20.9. The van der Waals surface area contributed by atoms with Gasteiger partial charge in [0, 0.05) is 29.8 Å². The van der Waals surface area contributed by atoms with E-state index in [9.17, 15) is 14.7 Å². The van der Waals surface area contributed by atoms with Crippen LogP contribution in [0.4, 0.5) is 0 Å². The number of carbonyl (C=O) groups is 2. The highest BCUT2D eigenvalue weighted by atomic mass is 16.3. The maximum absolute atomic E-state index is 13.3. The van der Waals surface area contributed by atoms with Crippen molar-refractivity contribution < 1.29 is 14.7 Å². The smallest absolute Gasteiger partial charge is 0.231 e. The summed E-state index contributed by atoms with van der Waals surface area (Å²) in [5, 5.41) is 15.3. The molecule has 1 saturated heterocycles. The Balaban J connectivity index is 1.53. The summed E-state index contributed by atoms with van der Waals surface area (Å²) in [6.45, 7) is 0. The molecule has 3 heterocycles. The normalized spacial score (nSPS) is 26.0. The third-order valence-electron chi connectivity index (χ3n) is 8.29. The first-order valence-electron chi connectivity index (χ1n) is 13.1. The first-order valence-corrected chi connectivity index (χ1v) is 13.1. The number of pyridine rings is 2. The SMILES string of the molecule is O=C1NC(=O)[C@@H]2[C@@H]1[C@@H]1C=C([C@@](O)(c3ccccc3)c3ccccn3)[C@@H]2/C1=C(/c1ccccc1)c1ccccn1. The van der Waals surface area contributed by atoms with Gasteiger partial charge in [-0.1, -0.05) is 78.9 Å². The molecular formula is C33H25N3O3. The lowest BCUT2D eigenvalue weighted by molar-refractivity contribution is -0.126. The Morgan fingerprint density at radius 3 is 2.05 bits per heavy atom. The predicted molar refractivity (Wildman–Crippen MR) is 146 cm³/mol. The Morgan fingerprint density at radius 1 is 0.744 bits per heavy atom. The molecule has 2 bridgehead atoms. The van der Waals surface area contributed by atoms with Gasteiger partial charge in [-0.25, -0.2) is 0 Å². The van der Waals surface area contributed by atoms with E-state index in [1.165, 1.54) is 0 Å². The van der Waals surface area contributed by atoms with Gasteiger partial charge in [0.25, 0.3) is 0 Å². The van der Waals surface area contributed by atoms with E-state index in [1.807, 2.05) is 97.1 Å². The maximum Gasteiger partial charge on any atom is 0.231 e. The Bertz CT molecular complexity index is 1550. The van der Waals surface area contributed by atoms with Gasteiger partial charge < -0.3 is 5.11 Å². The zero-order chi connectivity index (χ0) is 26.6. The van der Waals surface area contributed by atoms with E-state index in [0.717, 1.165) is 22.4 Å². The van der Waals surface area contributed by atoms with E-state index in [1.54, 1.807) is 18.5 Å². The van der Waals surface area contributed by atoms with Crippen molar-refractivity contribution in [3.05, 3.63) is 149 Å². The number of imide groups is 1. The van der Waals surface area contributed by atoms with Gasteiger partial charge in [0.1, 0.15) is 0 Å². The highest BCUT2D eigenvalue weighted by molar-refractivity contribution is 6.08. The van der Waals surface area contributed by atoms with Gasteiger partial charge in [-0.05, 0) is 46.5 Å². The van der Waals surface area contributed by atoms with Crippen molar-refractivity contribution in [3.63, 3.8) is 0 Å². The van der Waals surface area contributed by atoms with Crippen LogP contribution in [0.15, 0.2) is 127 Å². The summed E-state index contributed by atoms with van der Waals surface area (Å²) in [5.41, 5.74) is 3.74. The topological polar surface area (TPSA) is 92.2 Å². The van der Waals surface area contributed by atoms with Crippen LogP contribution in [0, 0.1) is 23.7 Å². The van der Waals surface area contributed by atoms with E-state index in [0.29, 0.717) is 16.8 Å². The fourth-order valence-corrected chi connectivity index (χ4v) is 6.77. The first kappa shape index (κ1) is 23.4. The molecule has 6 heteroatoms. The minimum Gasteiger partial charge on any atom is -0.375 e. The Kier molecular flexibility index (Phi) is 5.39. The number of amides is 2. The zero-order valence-corrected chi connectivity index (χ0v) is 20.9. The highest BCUT2D eigenvalue weighted by Gasteiger charge is 2.64. The van der Waals surface area contributed by atoms with Crippen LogP contribution in [-0.4, -0.2) is 26.9 Å². The second-order valence-electron chi connectivity index (χ2n) is 10.2. The van der Waals surface area contributed by atoms with Crippen molar-refractivity contribution in [1.82, 2.24) is 15.3 Å². The third-order valence-corrected chi connectivity index (χ3v) is 8.29. The fraction of sp³-hybridized carbons (Fsp3) is 0.152. The summed E-state index contributed by atoms with van der Waals surface area (Å²) < 4.78 is 0. The van der Waals surface area contributed by atoms with E-state index in [2.05, 4.69) is 10.3 Å². The molecule has 2 aliphatic carbocycles. The van der Waals surface area contributed by atoms with Crippen LogP contribution in [0.3, 0.4) is 0 Å². The van der Waals surface area contributed by atoms with E-state index >= 15 is 0 Å². The maximum atomic E-state index is 13.3. The summed E-state index contributed by atoms with van der Waals surface area (Å²) >= 11 is 0. The minimum atomic E-state index is -1.60. The monoisotopic (exact) mass is 511 g/mol. The number of nitrogens with one attached hydrogen (secondary N) is 1. The van der Waals surface area contributed by atoms with Crippen molar-refractivity contribution in [2.45, 2.75) is 5.60 Å². The van der Waals surface area contributed by atoms with Crippen LogP contribution >= 0.6 is 0 Å². The Hall–Kier alpha value is -4.68. The van der Waals surface area contributed by atoms with Crippen molar-refractivity contribution in [2.75, 3.05) is 0 Å². The number of rotatable bonds is 5. The number of fused-ring (bicyclic) bond motifs is 5. The number of aliphatic hydroxyl groups is 1. The summed E-state index contributed by atoms with van der Waals surface area (Å²) in [6, 6.07) is 30.6. The molecule has 190 valence electrons. The molecule has 1 saturated carbocycles. The van der Waals surface area contributed by atoms with Crippen molar-refractivity contribution >= 4 is 17.4 Å². The van der Waals surface area contributed by atoms with E-state index in [-0.39, 0.29) is 17.7 Å². The number of benzene rings is 2. The number of hydrogen-bond donors (Lipinski definition) is 2. The molecule has 4 aromatic rings. The van der Waals surface area contributed by atoms with Crippen LogP contribution < -0.4 is 5.32 Å². The van der Waals surface area contributed by atoms with Crippen LogP contribution in [0.2, 0.25) is 0 Å². The lowest BCUT2D eigenvalue weighted by Gasteiger charge is -2.36.